The van der Waals surface area contributed by atoms with Crippen LogP contribution in [0.2, 0.25) is 0 Å². The minimum atomic E-state index is -0.968. The number of benzene rings is 4. The zero-order chi connectivity index (χ0) is 26.9. The Morgan fingerprint density at radius 3 is 1.92 bits per heavy atom. The predicted molar refractivity (Wildman–Crippen MR) is 144 cm³/mol. The van der Waals surface area contributed by atoms with Crippen LogP contribution in [-0.4, -0.2) is 30.9 Å². The molecule has 0 aliphatic heterocycles. The first-order valence-electron chi connectivity index (χ1n) is 12.1. The molecule has 194 valence electrons. The minimum Gasteiger partial charge on any atom is -0.497 e. The van der Waals surface area contributed by atoms with Crippen molar-refractivity contribution < 1.29 is 23.5 Å². The van der Waals surface area contributed by atoms with Crippen LogP contribution in [0.25, 0.3) is 0 Å². The van der Waals surface area contributed by atoms with E-state index in [1.54, 1.807) is 74.9 Å². The van der Waals surface area contributed by atoms with E-state index in [1.807, 2.05) is 30.3 Å². The average Bonchev–Trinajstić information content (AvgIpc) is 2.95. The Hall–Kier alpha value is -4.65. The monoisotopic (exact) mass is 512 g/mol. The molecule has 0 bridgehead atoms. The number of anilines is 1. The van der Waals surface area contributed by atoms with Gasteiger partial charge in [0.15, 0.2) is 0 Å². The third-order valence-electron chi connectivity index (χ3n) is 6.13. The number of carbonyl (C=O) groups excluding carboxylic acids is 2. The third kappa shape index (κ3) is 6.76. The van der Waals surface area contributed by atoms with E-state index in [2.05, 4.69) is 5.32 Å². The lowest BCUT2D eigenvalue weighted by molar-refractivity contribution is -0.139. The topological polar surface area (TPSA) is 67.9 Å². The van der Waals surface area contributed by atoms with Crippen molar-refractivity contribution in [3.8, 4) is 11.5 Å². The number of hydrogen-bond donors (Lipinski definition) is 1. The number of methoxy groups -OCH3 is 2. The van der Waals surface area contributed by atoms with Crippen LogP contribution < -0.4 is 14.8 Å². The number of nitrogens with one attached hydrogen (secondary N) is 1. The van der Waals surface area contributed by atoms with Crippen molar-refractivity contribution in [3.63, 3.8) is 0 Å². The lowest BCUT2D eigenvalue weighted by Crippen LogP contribution is -2.41. The number of amides is 2. The van der Waals surface area contributed by atoms with Gasteiger partial charge in [-0.05, 0) is 65.2 Å². The molecule has 6 nitrogen and oxygen atoms in total. The van der Waals surface area contributed by atoms with Gasteiger partial charge in [0, 0.05) is 12.2 Å². The summed E-state index contributed by atoms with van der Waals surface area (Å²) < 4.78 is 24.1. The van der Waals surface area contributed by atoms with Crippen LogP contribution in [-0.2, 0) is 22.6 Å². The number of hydrogen-bond acceptors (Lipinski definition) is 4. The second-order valence-corrected chi connectivity index (χ2v) is 8.70. The fraction of sp³-hybridized carbons (Fsp3) is 0.161. The molecular formula is C31H29FN2O4. The van der Waals surface area contributed by atoms with E-state index in [-0.39, 0.29) is 30.6 Å². The van der Waals surface area contributed by atoms with E-state index in [9.17, 15) is 14.0 Å². The summed E-state index contributed by atoms with van der Waals surface area (Å²) in [6.07, 6.45) is 0.102. The molecule has 0 radical (unpaired) electrons. The fourth-order valence-electron chi connectivity index (χ4n) is 4.13. The van der Waals surface area contributed by atoms with Crippen LogP contribution in [0.3, 0.4) is 0 Å². The fourth-order valence-corrected chi connectivity index (χ4v) is 4.13. The molecule has 4 aromatic carbocycles. The Morgan fingerprint density at radius 1 is 0.763 bits per heavy atom. The summed E-state index contributed by atoms with van der Waals surface area (Å²) in [6, 6.07) is 28.3. The Kier molecular flexibility index (Phi) is 8.72. The molecule has 1 N–H and O–H groups in total. The molecular weight excluding hydrogens is 483 g/mol. The standard InChI is InChI=1S/C31H29FN2O4/c1-37-27-16-10-24(11-17-27)30(31(36)33-26-14-18-28(38-2)19-15-26)34(21-23-8-12-25(32)13-9-23)29(35)20-22-6-4-3-5-7-22/h3-19,30H,20-21H2,1-2H3,(H,33,36). The Labute approximate surface area is 221 Å². The van der Waals surface area contributed by atoms with Crippen molar-refractivity contribution in [2.75, 3.05) is 19.5 Å². The van der Waals surface area contributed by atoms with Crippen LogP contribution in [0.5, 0.6) is 11.5 Å². The third-order valence-corrected chi connectivity index (χ3v) is 6.13. The predicted octanol–water partition coefficient (Wildman–Crippen LogP) is 5.79. The molecule has 0 aliphatic carbocycles. The van der Waals surface area contributed by atoms with Gasteiger partial charge in [-0.3, -0.25) is 9.59 Å². The summed E-state index contributed by atoms with van der Waals surface area (Å²) in [4.78, 5) is 29.2. The van der Waals surface area contributed by atoms with Gasteiger partial charge in [-0.1, -0.05) is 54.6 Å². The number of rotatable bonds is 10. The highest BCUT2D eigenvalue weighted by atomic mass is 19.1. The van der Waals surface area contributed by atoms with Crippen molar-refractivity contribution in [2.45, 2.75) is 19.0 Å². The number of carbonyl (C=O) groups is 2. The summed E-state index contributed by atoms with van der Waals surface area (Å²) >= 11 is 0. The molecule has 0 heterocycles. The van der Waals surface area contributed by atoms with E-state index in [4.69, 9.17) is 9.47 Å². The summed E-state index contributed by atoms with van der Waals surface area (Å²) in [5.74, 6) is 0.282. The van der Waals surface area contributed by atoms with Crippen molar-refractivity contribution in [1.82, 2.24) is 4.90 Å². The van der Waals surface area contributed by atoms with Gasteiger partial charge in [0.1, 0.15) is 23.4 Å². The summed E-state index contributed by atoms with van der Waals surface area (Å²) in [5, 5.41) is 2.93. The van der Waals surface area contributed by atoms with Gasteiger partial charge < -0.3 is 19.7 Å². The summed E-state index contributed by atoms with van der Waals surface area (Å²) in [7, 11) is 3.13. The van der Waals surface area contributed by atoms with Gasteiger partial charge in [0.2, 0.25) is 5.91 Å². The van der Waals surface area contributed by atoms with E-state index in [0.717, 1.165) is 5.56 Å². The quantitative estimate of drug-likeness (QED) is 0.292. The molecule has 0 aliphatic rings. The molecule has 38 heavy (non-hydrogen) atoms. The first-order chi connectivity index (χ1) is 18.5. The van der Waals surface area contributed by atoms with Crippen LogP contribution in [0, 0.1) is 5.82 Å². The lowest BCUT2D eigenvalue weighted by atomic mass is 10.0. The van der Waals surface area contributed by atoms with Crippen LogP contribution in [0.1, 0.15) is 22.7 Å². The van der Waals surface area contributed by atoms with E-state index >= 15 is 0 Å². The van der Waals surface area contributed by atoms with Crippen LogP contribution >= 0.6 is 0 Å². The molecule has 0 saturated heterocycles. The first kappa shape index (κ1) is 26.4. The zero-order valence-corrected chi connectivity index (χ0v) is 21.3. The van der Waals surface area contributed by atoms with Gasteiger partial charge in [-0.15, -0.1) is 0 Å². The maximum absolute atomic E-state index is 13.8. The highest BCUT2D eigenvalue weighted by molar-refractivity contribution is 5.98. The van der Waals surface area contributed by atoms with Gasteiger partial charge in [-0.2, -0.15) is 0 Å². The Morgan fingerprint density at radius 2 is 1.34 bits per heavy atom. The Balaban J connectivity index is 1.73. The summed E-state index contributed by atoms with van der Waals surface area (Å²) in [6.45, 7) is 0.110. The smallest absolute Gasteiger partial charge is 0.251 e. The van der Waals surface area contributed by atoms with Crippen molar-refractivity contribution in [1.29, 1.82) is 0 Å². The zero-order valence-electron chi connectivity index (χ0n) is 21.3. The lowest BCUT2D eigenvalue weighted by Gasteiger charge is -2.32. The van der Waals surface area contributed by atoms with E-state index in [1.165, 1.54) is 17.0 Å². The Bertz CT molecular complexity index is 1340. The number of halogens is 1. The molecule has 0 fully saturated rings. The van der Waals surface area contributed by atoms with Crippen molar-refractivity contribution in [2.24, 2.45) is 0 Å². The van der Waals surface area contributed by atoms with Crippen LogP contribution in [0.4, 0.5) is 10.1 Å². The minimum absolute atomic E-state index is 0.102. The highest BCUT2D eigenvalue weighted by Crippen LogP contribution is 2.28. The van der Waals surface area contributed by atoms with Gasteiger partial charge in [0.05, 0.1) is 20.6 Å². The van der Waals surface area contributed by atoms with Gasteiger partial charge >= 0.3 is 0 Å². The highest BCUT2D eigenvalue weighted by Gasteiger charge is 2.32. The molecule has 2 amide bonds. The van der Waals surface area contributed by atoms with Crippen molar-refractivity contribution >= 4 is 17.5 Å². The molecule has 4 rings (SSSR count). The summed E-state index contributed by atoms with van der Waals surface area (Å²) in [5.41, 5.74) is 2.70. The first-order valence-corrected chi connectivity index (χ1v) is 12.1. The second kappa shape index (κ2) is 12.5. The SMILES string of the molecule is COc1ccc(NC(=O)C(c2ccc(OC)cc2)N(Cc2ccc(F)cc2)C(=O)Cc2ccccc2)cc1. The van der Waals surface area contributed by atoms with Crippen molar-refractivity contribution in [3.05, 3.63) is 126 Å². The average molecular weight is 513 g/mol. The van der Waals surface area contributed by atoms with Gasteiger partial charge in [0.25, 0.3) is 5.91 Å². The molecule has 0 aromatic heterocycles. The molecule has 0 spiro atoms. The van der Waals surface area contributed by atoms with E-state index in [0.29, 0.717) is 28.3 Å². The normalized spacial score (nSPS) is 11.3. The number of ether oxygens (including phenoxy) is 2. The van der Waals surface area contributed by atoms with Crippen LogP contribution in [0.15, 0.2) is 103 Å². The molecule has 1 atom stereocenters. The molecule has 7 heteroatoms. The molecule has 1 unspecified atom stereocenters. The molecule has 0 saturated carbocycles. The molecule has 4 aromatic rings. The van der Waals surface area contributed by atoms with E-state index < -0.39 is 6.04 Å². The second-order valence-electron chi connectivity index (χ2n) is 8.70. The maximum Gasteiger partial charge on any atom is 0.251 e. The number of nitrogens with zero attached hydrogens (tertiary/aromatic N) is 1. The van der Waals surface area contributed by atoms with Gasteiger partial charge in [-0.25, -0.2) is 4.39 Å². The largest absolute Gasteiger partial charge is 0.497 e. The maximum atomic E-state index is 13.8.